The molecule has 0 atom stereocenters. The average Bonchev–Trinajstić information content (AvgIpc) is 2.36. The number of amides is 1. The molecule has 0 saturated heterocycles. The minimum atomic E-state index is -0.525. The minimum absolute atomic E-state index is 0.0457. The predicted octanol–water partition coefficient (Wildman–Crippen LogP) is 2.07. The van der Waals surface area contributed by atoms with E-state index in [1.807, 2.05) is 32.8 Å². The van der Waals surface area contributed by atoms with Gasteiger partial charge in [0, 0.05) is 25.3 Å². The van der Waals surface area contributed by atoms with Crippen LogP contribution in [0.15, 0.2) is 18.2 Å². The summed E-state index contributed by atoms with van der Waals surface area (Å²) in [4.78, 5) is 16.2. The molecule has 1 rings (SSSR count). The minimum Gasteiger partial charge on any atom is -0.399 e. The summed E-state index contributed by atoms with van der Waals surface area (Å²) in [6.07, 6.45) is 0. The zero-order valence-electron chi connectivity index (χ0n) is 12.7. The Bertz CT molecular complexity index is 460. The molecular weight excluding hydrogens is 257 g/mol. The Kier molecular flexibility index (Phi) is 5.95. The van der Waals surface area contributed by atoms with E-state index < -0.39 is 5.82 Å². The van der Waals surface area contributed by atoms with Crippen molar-refractivity contribution in [1.82, 2.24) is 9.80 Å². The number of likely N-dealkylation sites (N-methyl/N-ethyl adjacent to an activating group) is 1. The number of nitrogens with zero attached hydrogens (tertiary/aromatic N) is 2. The van der Waals surface area contributed by atoms with Crippen molar-refractivity contribution in [1.29, 1.82) is 0 Å². The number of carbonyl (C=O) groups is 1. The summed E-state index contributed by atoms with van der Waals surface area (Å²) in [6.45, 7) is 5.97. The SMILES string of the molecule is CC(C)CN(CCN(C)C)C(=O)c1cc(N)ccc1F. The van der Waals surface area contributed by atoms with Crippen molar-refractivity contribution in [3.8, 4) is 0 Å². The first-order valence-corrected chi connectivity index (χ1v) is 6.80. The van der Waals surface area contributed by atoms with E-state index in [0.717, 1.165) is 6.54 Å². The van der Waals surface area contributed by atoms with Gasteiger partial charge in [-0.1, -0.05) is 13.8 Å². The van der Waals surface area contributed by atoms with E-state index >= 15 is 0 Å². The normalized spacial score (nSPS) is 11.2. The molecule has 0 unspecified atom stereocenters. The van der Waals surface area contributed by atoms with Crippen LogP contribution in [0.3, 0.4) is 0 Å². The molecule has 0 aromatic heterocycles. The second-order valence-electron chi connectivity index (χ2n) is 5.69. The molecule has 0 aliphatic heterocycles. The second-order valence-corrected chi connectivity index (χ2v) is 5.69. The van der Waals surface area contributed by atoms with Crippen LogP contribution in [0.25, 0.3) is 0 Å². The van der Waals surface area contributed by atoms with Gasteiger partial charge in [-0.3, -0.25) is 4.79 Å². The van der Waals surface area contributed by atoms with Gasteiger partial charge in [0.05, 0.1) is 5.56 Å². The number of anilines is 1. The van der Waals surface area contributed by atoms with Gasteiger partial charge in [-0.25, -0.2) is 4.39 Å². The van der Waals surface area contributed by atoms with Crippen molar-refractivity contribution >= 4 is 11.6 Å². The van der Waals surface area contributed by atoms with Gasteiger partial charge in [0.1, 0.15) is 5.82 Å². The highest BCUT2D eigenvalue weighted by Crippen LogP contribution is 2.15. The van der Waals surface area contributed by atoms with E-state index in [9.17, 15) is 9.18 Å². The van der Waals surface area contributed by atoms with Gasteiger partial charge in [-0.15, -0.1) is 0 Å². The number of benzene rings is 1. The van der Waals surface area contributed by atoms with Gasteiger partial charge in [-0.2, -0.15) is 0 Å². The third kappa shape index (κ3) is 4.81. The topological polar surface area (TPSA) is 49.6 Å². The van der Waals surface area contributed by atoms with Crippen molar-refractivity contribution in [2.45, 2.75) is 13.8 Å². The van der Waals surface area contributed by atoms with Crippen LogP contribution in [0.5, 0.6) is 0 Å². The molecular formula is C15H24FN3O. The first kappa shape index (κ1) is 16.4. The zero-order valence-corrected chi connectivity index (χ0v) is 12.7. The Hall–Kier alpha value is -1.62. The molecule has 2 N–H and O–H groups in total. The van der Waals surface area contributed by atoms with Crippen LogP contribution in [0.2, 0.25) is 0 Å². The maximum absolute atomic E-state index is 13.8. The highest BCUT2D eigenvalue weighted by Gasteiger charge is 2.20. The molecule has 5 heteroatoms. The number of nitrogens with two attached hydrogens (primary N) is 1. The van der Waals surface area contributed by atoms with E-state index in [0.29, 0.717) is 24.7 Å². The van der Waals surface area contributed by atoms with Gasteiger partial charge < -0.3 is 15.5 Å². The fraction of sp³-hybridized carbons (Fsp3) is 0.533. The summed E-state index contributed by atoms with van der Waals surface area (Å²) in [6, 6.07) is 4.10. The molecule has 1 aromatic carbocycles. The van der Waals surface area contributed by atoms with E-state index in [4.69, 9.17) is 5.73 Å². The number of carbonyl (C=O) groups excluding carboxylic acids is 1. The average molecular weight is 281 g/mol. The smallest absolute Gasteiger partial charge is 0.256 e. The van der Waals surface area contributed by atoms with E-state index in [1.165, 1.54) is 18.2 Å². The second kappa shape index (κ2) is 7.24. The molecule has 0 fully saturated rings. The lowest BCUT2D eigenvalue weighted by atomic mass is 10.1. The number of halogens is 1. The maximum Gasteiger partial charge on any atom is 0.256 e. The van der Waals surface area contributed by atoms with Crippen molar-refractivity contribution < 1.29 is 9.18 Å². The van der Waals surface area contributed by atoms with Crippen LogP contribution >= 0.6 is 0 Å². The molecule has 0 radical (unpaired) electrons. The van der Waals surface area contributed by atoms with E-state index in [2.05, 4.69) is 0 Å². The van der Waals surface area contributed by atoms with Crippen LogP contribution in [0.4, 0.5) is 10.1 Å². The monoisotopic (exact) mass is 281 g/mol. The molecule has 0 aliphatic rings. The molecule has 1 aromatic rings. The Balaban J connectivity index is 2.93. The van der Waals surface area contributed by atoms with E-state index in [-0.39, 0.29) is 11.5 Å². The molecule has 0 saturated carbocycles. The lowest BCUT2D eigenvalue weighted by Crippen LogP contribution is -2.39. The summed E-state index contributed by atoms with van der Waals surface area (Å²) in [5.74, 6) is -0.501. The molecule has 0 bridgehead atoms. The Labute approximate surface area is 120 Å². The molecule has 20 heavy (non-hydrogen) atoms. The van der Waals surface area contributed by atoms with E-state index in [1.54, 1.807) is 4.90 Å². The summed E-state index contributed by atoms with van der Waals surface area (Å²) >= 11 is 0. The number of nitrogen functional groups attached to an aromatic ring is 1. The quantitative estimate of drug-likeness (QED) is 0.812. The summed E-state index contributed by atoms with van der Waals surface area (Å²) in [5.41, 5.74) is 6.08. The van der Waals surface area contributed by atoms with Gasteiger partial charge in [0.25, 0.3) is 5.91 Å². The van der Waals surface area contributed by atoms with Crippen molar-refractivity contribution in [3.63, 3.8) is 0 Å². The van der Waals surface area contributed by atoms with Crippen LogP contribution < -0.4 is 5.73 Å². The first-order chi connectivity index (χ1) is 9.31. The predicted molar refractivity (Wildman–Crippen MR) is 80.1 cm³/mol. The van der Waals surface area contributed by atoms with Gasteiger partial charge >= 0.3 is 0 Å². The molecule has 4 nitrogen and oxygen atoms in total. The highest BCUT2D eigenvalue weighted by molar-refractivity contribution is 5.95. The van der Waals surface area contributed by atoms with Crippen LogP contribution in [0.1, 0.15) is 24.2 Å². The molecule has 0 spiro atoms. The van der Waals surface area contributed by atoms with Crippen molar-refractivity contribution in [2.24, 2.45) is 5.92 Å². The zero-order chi connectivity index (χ0) is 15.3. The largest absolute Gasteiger partial charge is 0.399 e. The Morgan fingerprint density at radius 3 is 2.50 bits per heavy atom. The fourth-order valence-electron chi connectivity index (χ4n) is 1.91. The third-order valence-corrected chi connectivity index (χ3v) is 2.91. The maximum atomic E-state index is 13.8. The van der Waals surface area contributed by atoms with Gasteiger partial charge in [0.15, 0.2) is 0 Å². The lowest BCUT2D eigenvalue weighted by molar-refractivity contribution is 0.0720. The summed E-state index contributed by atoms with van der Waals surface area (Å²) in [7, 11) is 3.89. The lowest BCUT2D eigenvalue weighted by Gasteiger charge is -2.26. The Morgan fingerprint density at radius 2 is 1.95 bits per heavy atom. The third-order valence-electron chi connectivity index (χ3n) is 2.91. The molecule has 0 aliphatic carbocycles. The number of hydrogen-bond acceptors (Lipinski definition) is 3. The van der Waals surface area contributed by atoms with Crippen molar-refractivity contribution in [3.05, 3.63) is 29.6 Å². The van der Waals surface area contributed by atoms with Gasteiger partial charge in [0.2, 0.25) is 0 Å². The van der Waals surface area contributed by atoms with Crippen LogP contribution in [0, 0.1) is 11.7 Å². The van der Waals surface area contributed by atoms with Crippen molar-refractivity contribution in [2.75, 3.05) is 39.5 Å². The molecule has 1 amide bonds. The summed E-state index contributed by atoms with van der Waals surface area (Å²) in [5, 5.41) is 0. The standard InChI is InChI=1S/C15H24FN3O/c1-11(2)10-19(8-7-18(3)4)15(20)13-9-12(17)5-6-14(13)16/h5-6,9,11H,7-8,10,17H2,1-4H3. The van der Waals surface area contributed by atoms with Crippen LogP contribution in [-0.4, -0.2) is 49.4 Å². The van der Waals surface area contributed by atoms with Gasteiger partial charge in [-0.05, 0) is 38.2 Å². The molecule has 0 heterocycles. The molecule has 112 valence electrons. The number of rotatable bonds is 6. The fourth-order valence-corrected chi connectivity index (χ4v) is 1.91. The van der Waals surface area contributed by atoms with Crippen LogP contribution in [-0.2, 0) is 0 Å². The summed E-state index contributed by atoms with van der Waals surface area (Å²) < 4.78 is 13.8. The number of hydrogen-bond donors (Lipinski definition) is 1. The highest BCUT2D eigenvalue weighted by atomic mass is 19.1. The Morgan fingerprint density at radius 1 is 1.30 bits per heavy atom. The first-order valence-electron chi connectivity index (χ1n) is 6.80.